The minimum Gasteiger partial charge on any atom is -0.301 e. The molecular formula is C9H13ClF3N3. The topological polar surface area (TPSA) is 30.7 Å². The third-order valence-electron chi connectivity index (χ3n) is 2.00. The molecule has 0 radical (unpaired) electrons. The third kappa shape index (κ3) is 3.37. The molecule has 0 saturated heterocycles. The fourth-order valence-corrected chi connectivity index (χ4v) is 1.48. The Morgan fingerprint density at radius 2 is 1.75 bits per heavy atom. The highest BCUT2D eigenvalue weighted by Gasteiger charge is 2.29. The molecule has 0 aliphatic carbocycles. The summed E-state index contributed by atoms with van der Waals surface area (Å²) in [6.07, 6.45) is -5.14. The number of halogens is 4. The monoisotopic (exact) mass is 255 g/mol. The first-order chi connectivity index (χ1) is 7.11. The summed E-state index contributed by atoms with van der Waals surface area (Å²) in [5, 5.41) is 7.39. The van der Waals surface area contributed by atoms with Gasteiger partial charge in [0.05, 0.1) is 6.42 Å². The molecule has 1 aromatic rings. The maximum atomic E-state index is 12.1. The van der Waals surface area contributed by atoms with Gasteiger partial charge in [-0.1, -0.05) is 20.8 Å². The van der Waals surface area contributed by atoms with Gasteiger partial charge in [0.1, 0.15) is 5.82 Å². The summed E-state index contributed by atoms with van der Waals surface area (Å²) in [6.45, 7) is 5.29. The Morgan fingerprint density at radius 3 is 2.19 bits per heavy atom. The van der Waals surface area contributed by atoms with Gasteiger partial charge in [0.15, 0.2) is 0 Å². The highest BCUT2D eigenvalue weighted by molar-refractivity contribution is 6.28. The van der Waals surface area contributed by atoms with Crippen molar-refractivity contribution in [2.45, 2.75) is 45.3 Å². The second kappa shape index (κ2) is 4.24. The van der Waals surface area contributed by atoms with Crippen molar-refractivity contribution >= 4 is 11.6 Å². The second-order valence-electron chi connectivity index (χ2n) is 4.56. The fourth-order valence-electron chi connectivity index (χ4n) is 1.28. The van der Waals surface area contributed by atoms with Crippen LogP contribution in [0.1, 0.15) is 33.0 Å². The number of aromatic nitrogens is 3. The molecular weight excluding hydrogens is 243 g/mol. The van der Waals surface area contributed by atoms with E-state index in [1.165, 1.54) is 4.57 Å². The van der Waals surface area contributed by atoms with E-state index in [1.807, 2.05) is 20.8 Å². The molecule has 1 aromatic heterocycles. The van der Waals surface area contributed by atoms with Crippen LogP contribution in [0, 0.1) is 0 Å². The Kier molecular flexibility index (Phi) is 3.52. The van der Waals surface area contributed by atoms with Crippen LogP contribution in [0.5, 0.6) is 0 Å². The molecule has 0 fully saturated rings. The van der Waals surface area contributed by atoms with E-state index >= 15 is 0 Å². The average Bonchev–Trinajstić information content (AvgIpc) is 2.41. The lowest BCUT2D eigenvalue weighted by Gasteiger charge is -2.19. The van der Waals surface area contributed by atoms with Gasteiger partial charge < -0.3 is 4.57 Å². The van der Waals surface area contributed by atoms with Crippen LogP contribution in [-0.2, 0) is 12.0 Å². The molecule has 0 aromatic carbocycles. The van der Waals surface area contributed by atoms with Gasteiger partial charge in [0.25, 0.3) is 0 Å². The Hall–Kier alpha value is -0.780. The summed E-state index contributed by atoms with van der Waals surface area (Å²) in [5.41, 5.74) is -0.383. The van der Waals surface area contributed by atoms with Crippen LogP contribution in [0.3, 0.4) is 0 Å². The fraction of sp³-hybridized carbons (Fsp3) is 0.778. The van der Waals surface area contributed by atoms with Crippen LogP contribution in [0.15, 0.2) is 0 Å². The van der Waals surface area contributed by atoms with Crippen LogP contribution >= 0.6 is 11.6 Å². The zero-order valence-electron chi connectivity index (χ0n) is 9.27. The van der Waals surface area contributed by atoms with Crippen molar-refractivity contribution in [1.82, 2.24) is 14.8 Å². The lowest BCUT2D eigenvalue weighted by Crippen LogP contribution is -2.21. The van der Waals surface area contributed by atoms with E-state index in [1.54, 1.807) is 0 Å². The first-order valence-electron chi connectivity index (χ1n) is 4.77. The standard InChI is InChI=1S/C9H13ClF3N3/c1-8(2,3)6-14-15-7(10)16(6)5-4-9(11,12)13/h4-5H2,1-3H3. The average molecular weight is 256 g/mol. The van der Waals surface area contributed by atoms with E-state index in [9.17, 15) is 13.2 Å². The molecule has 0 atom stereocenters. The van der Waals surface area contributed by atoms with Gasteiger partial charge in [0.2, 0.25) is 5.28 Å². The predicted molar refractivity (Wildman–Crippen MR) is 54.4 cm³/mol. The summed E-state index contributed by atoms with van der Waals surface area (Å²) in [5.74, 6) is 0.460. The molecule has 0 aliphatic rings. The summed E-state index contributed by atoms with van der Waals surface area (Å²) in [7, 11) is 0. The zero-order valence-corrected chi connectivity index (χ0v) is 10.0. The minimum absolute atomic E-state index is 0.00539. The third-order valence-corrected chi connectivity index (χ3v) is 2.27. The number of rotatable bonds is 2. The van der Waals surface area contributed by atoms with Gasteiger partial charge in [-0.05, 0) is 11.6 Å². The summed E-state index contributed by atoms with van der Waals surface area (Å²) < 4.78 is 37.6. The lowest BCUT2D eigenvalue weighted by atomic mass is 9.96. The Balaban J connectivity index is 2.91. The Morgan fingerprint density at radius 1 is 1.19 bits per heavy atom. The molecule has 7 heteroatoms. The van der Waals surface area contributed by atoms with Gasteiger partial charge in [0, 0.05) is 12.0 Å². The van der Waals surface area contributed by atoms with E-state index in [0.717, 1.165) is 0 Å². The quantitative estimate of drug-likeness (QED) is 0.813. The van der Waals surface area contributed by atoms with Crippen molar-refractivity contribution in [3.05, 3.63) is 11.1 Å². The summed E-state index contributed by atoms with van der Waals surface area (Å²) in [6, 6.07) is 0. The predicted octanol–water partition coefficient (Wildman–Crippen LogP) is 3.18. The van der Waals surface area contributed by atoms with Crippen molar-refractivity contribution < 1.29 is 13.2 Å². The largest absolute Gasteiger partial charge is 0.390 e. The first-order valence-corrected chi connectivity index (χ1v) is 5.15. The van der Waals surface area contributed by atoms with E-state index in [4.69, 9.17) is 11.6 Å². The zero-order chi connectivity index (χ0) is 12.6. The lowest BCUT2D eigenvalue weighted by molar-refractivity contribution is -0.136. The molecule has 16 heavy (non-hydrogen) atoms. The van der Waals surface area contributed by atoms with Crippen LogP contribution in [0.2, 0.25) is 5.28 Å². The molecule has 1 rings (SSSR count). The number of hydrogen-bond acceptors (Lipinski definition) is 2. The van der Waals surface area contributed by atoms with Crippen molar-refractivity contribution in [1.29, 1.82) is 0 Å². The van der Waals surface area contributed by atoms with Gasteiger partial charge in [-0.2, -0.15) is 13.2 Å². The van der Waals surface area contributed by atoms with Crippen LogP contribution < -0.4 is 0 Å². The normalized spacial score (nSPS) is 13.2. The summed E-state index contributed by atoms with van der Waals surface area (Å²) in [4.78, 5) is 0. The molecule has 0 saturated carbocycles. The first kappa shape index (κ1) is 13.3. The van der Waals surface area contributed by atoms with Gasteiger partial charge in [-0.25, -0.2) is 0 Å². The van der Waals surface area contributed by atoms with Crippen LogP contribution in [-0.4, -0.2) is 20.9 Å². The minimum atomic E-state index is -4.21. The molecule has 3 nitrogen and oxygen atoms in total. The van der Waals surface area contributed by atoms with Crippen molar-refractivity contribution in [3.8, 4) is 0 Å². The Labute approximate surface area is 96.6 Å². The second-order valence-corrected chi connectivity index (χ2v) is 4.90. The number of alkyl halides is 3. The maximum Gasteiger partial charge on any atom is 0.390 e. The Bertz CT molecular complexity index is 365. The molecule has 0 unspecified atom stereocenters. The maximum absolute atomic E-state index is 12.1. The van der Waals surface area contributed by atoms with Crippen LogP contribution in [0.25, 0.3) is 0 Å². The van der Waals surface area contributed by atoms with Gasteiger partial charge >= 0.3 is 6.18 Å². The molecule has 0 N–H and O–H groups in total. The molecule has 0 aliphatic heterocycles. The van der Waals surface area contributed by atoms with E-state index in [0.29, 0.717) is 5.82 Å². The van der Waals surface area contributed by atoms with Gasteiger partial charge in [-0.15, -0.1) is 10.2 Å². The molecule has 0 amide bonds. The molecule has 1 heterocycles. The number of hydrogen-bond donors (Lipinski definition) is 0. The van der Waals surface area contributed by atoms with Crippen molar-refractivity contribution in [3.63, 3.8) is 0 Å². The summed E-state index contributed by atoms with van der Waals surface area (Å²) >= 11 is 5.70. The molecule has 0 spiro atoms. The van der Waals surface area contributed by atoms with Crippen molar-refractivity contribution in [2.24, 2.45) is 0 Å². The van der Waals surface area contributed by atoms with E-state index in [-0.39, 0.29) is 17.2 Å². The van der Waals surface area contributed by atoms with E-state index < -0.39 is 12.6 Å². The highest BCUT2D eigenvalue weighted by Crippen LogP contribution is 2.26. The smallest absolute Gasteiger partial charge is 0.301 e. The van der Waals surface area contributed by atoms with E-state index in [2.05, 4.69) is 10.2 Å². The highest BCUT2D eigenvalue weighted by atomic mass is 35.5. The molecule has 92 valence electrons. The van der Waals surface area contributed by atoms with Crippen LogP contribution in [0.4, 0.5) is 13.2 Å². The number of nitrogens with zero attached hydrogens (tertiary/aromatic N) is 3. The van der Waals surface area contributed by atoms with Crippen molar-refractivity contribution in [2.75, 3.05) is 0 Å². The SMILES string of the molecule is CC(C)(C)c1nnc(Cl)n1CCC(F)(F)F. The molecule has 0 bridgehead atoms. The van der Waals surface area contributed by atoms with Gasteiger partial charge in [-0.3, -0.25) is 0 Å².